The number of nitrogens with zero attached hydrogens (tertiary/aromatic N) is 2. The predicted molar refractivity (Wildman–Crippen MR) is 59.2 cm³/mol. The standard InChI is InChI=1S/C11H8N2O4/c14-12-11(8-4-2-1-3-5-8)9-6-7-10(17-9)13(15)16/h1-7,14H/b12-11-. The molecular weight excluding hydrogens is 224 g/mol. The van der Waals surface area contributed by atoms with Crippen molar-refractivity contribution in [1.82, 2.24) is 0 Å². The fraction of sp³-hybridized carbons (Fsp3) is 0. The summed E-state index contributed by atoms with van der Waals surface area (Å²) in [6.07, 6.45) is 0. The van der Waals surface area contributed by atoms with Crippen LogP contribution >= 0.6 is 0 Å². The Morgan fingerprint density at radius 2 is 1.94 bits per heavy atom. The lowest BCUT2D eigenvalue weighted by Crippen LogP contribution is -2.01. The van der Waals surface area contributed by atoms with Crippen LogP contribution in [-0.4, -0.2) is 15.8 Å². The second-order valence-corrected chi connectivity index (χ2v) is 3.21. The van der Waals surface area contributed by atoms with Crippen LogP contribution in [0.1, 0.15) is 11.3 Å². The van der Waals surface area contributed by atoms with E-state index < -0.39 is 10.8 Å². The molecule has 17 heavy (non-hydrogen) atoms. The summed E-state index contributed by atoms with van der Waals surface area (Å²) in [4.78, 5) is 9.82. The second-order valence-electron chi connectivity index (χ2n) is 3.21. The molecule has 86 valence electrons. The SMILES string of the molecule is O=[N+]([O-])c1ccc(/C(=N\O)c2ccccc2)o1. The number of rotatable bonds is 3. The summed E-state index contributed by atoms with van der Waals surface area (Å²) in [5.41, 5.74) is 0.762. The third-order valence-electron chi connectivity index (χ3n) is 2.15. The maximum atomic E-state index is 10.5. The van der Waals surface area contributed by atoms with Crippen molar-refractivity contribution >= 4 is 11.6 Å². The van der Waals surface area contributed by atoms with Gasteiger partial charge in [-0.3, -0.25) is 10.1 Å². The van der Waals surface area contributed by atoms with E-state index >= 15 is 0 Å². The fourth-order valence-corrected chi connectivity index (χ4v) is 1.40. The molecule has 0 atom stereocenters. The highest BCUT2D eigenvalue weighted by Crippen LogP contribution is 2.19. The van der Waals surface area contributed by atoms with Gasteiger partial charge in [0.2, 0.25) is 0 Å². The summed E-state index contributed by atoms with van der Waals surface area (Å²) in [5, 5.41) is 22.5. The van der Waals surface area contributed by atoms with Crippen molar-refractivity contribution in [2.75, 3.05) is 0 Å². The molecular formula is C11H8N2O4. The first-order valence-corrected chi connectivity index (χ1v) is 4.74. The van der Waals surface area contributed by atoms with E-state index in [0.717, 1.165) is 0 Å². The summed E-state index contributed by atoms with van der Waals surface area (Å²) in [5.74, 6) is -0.248. The molecule has 2 aromatic rings. The lowest BCUT2D eigenvalue weighted by Gasteiger charge is -1.99. The Morgan fingerprint density at radius 1 is 1.24 bits per heavy atom. The Hall–Kier alpha value is -2.63. The number of nitro groups is 1. The molecule has 0 bridgehead atoms. The normalized spacial score (nSPS) is 11.4. The molecule has 6 nitrogen and oxygen atoms in total. The first-order valence-electron chi connectivity index (χ1n) is 4.74. The predicted octanol–water partition coefficient (Wildman–Crippen LogP) is 2.41. The third-order valence-corrected chi connectivity index (χ3v) is 2.15. The Bertz CT molecular complexity index is 560. The Labute approximate surface area is 95.9 Å². The topological polar surface area (TPSA) is 88.9 Å². The van der Waals surface area contributed by atoms with Gasteiger partial charge < -0.3 is 9.62 Å². The van der Waals surface area contributed by atoms with Gasteiger partial charge in [-0.2, -0.15) is 0 Å². The average molecular weight is 232 g/mol. The van der Waals surface area contributed by atoms with Crippen LogP contribution < -0.4 is 0 Å². The number of hydrogen-bond acceptors (Lipinski definition) is 5. The maximum absolute atomic E-state index is 10.5. The monoisotopic (exact) mass is 232 g/mol. The molecule has 0 spiro atoms. The van der Waals surface area contributed by atoms with Crippen molar-refractivity contribution in [3.8, 4) is 0 Å². The van der Waals surface area contributed by atoms with Gasteiger partial charge in [-0.25, -0.2) is 0 Å². The van der Waals surface area contributed by atoms with Crippen LogP contribution in [0.4, 0.5) is 5.88 Å². The van der Waals surface area contributed by atoms with Crippen molar-refractivity contribution in [2.24, 2.45) is 5.16 Å². The lowest BCUT2D eigenvalue weighted by atomic mass is 10.1. The molecule has 0 unspecified atom stereocenters. The van der Waals surface area contributed by atoms with Gasteiger partial charge in [0.05, 0.1) is 6.07 Å². The van der Waals surface area contributed by atoms with Crippen LogP contribution in [0.15, 0.2) is 52.0 Å². The lowest BCUT2D eigenvalue weighted by molar-refractivity contribution is -0.402. The smallest absolute Gasteiger partial charge is 0.410 e. The van der Waals surface area contributed by atoms with Crippen molar-refractivity contribution in [1.29, 1.82) is 0 Å². The van der Waals surface area contributed by atoms with E-state index in [1.54, 1.807) is 24.3 Å². The van der Waals surface area contributed by atoms with Crippen LogP contribution in [0, 0.1) is 10.1 Å². The quantitative estimate of drug-likeness (QED) is 0.381. The van der Waals surface area contributed by atoms with Crippen LogP contribution in [0.2, 0.25) is 0 Å². The fourth-order valence-electron chi connectivity index (χ4n) is 1.40. The highest BCUT2D eigenvalue weighted by atomic mass is 16.6. The molecule has 0 saturated heterocycles. The minimum atomic E-state index is -0.649. The minimum absolute atomic E-state index is 0.144. The summed E-state index contributed by atoms with van der Waals surface area (Å²) in [6.45, 7) is 0. The first kappa shape index (κ1) is 10.9. The Kier molecular flexibility index (Phi) is 2.87. The number of hydrogen-bond donors (Lipinski definition) is 1. The van der Waals surface area contributed by atoms with Gasteiger partial charge >= 0.3 is 5.88 Å². The van der Waals surface area contributed by atoms with Crippen molar-refractivity contribution in [2.45, 2.75) is 0 Å². The van der Waals surface area contributed by atoms with Crippen LogP contribution in [0.5, 0.6) is 0 Å². The summed E-state index contributed by atoms with van der Waals surface area (Å²) >= 11 is 0. The van der Waals surface area contributed by atoms with Crippen LogP contribution in [0.3, 0.4) is 0 Å². The van der Waals surface area contributed by atoms with Gasteiger partial charge in [-0.1, -0.05) is 35.5 Å². The number of benzene rings is 1. The van der Waals surface area contributed by atoms with E-state index in [4.69, 9.17) is 9.62 Å². The van der Waals surface area contributed by atoms with E-state index in [1.165, 1.54) is 12.1 Å². The molecule has 0 aliphatic carbocycles. The highest BCUT2D eigenvalue weighted by Gasteiger charge is 2.17. The number of oxime groups is 1. The largest absolute Gasteiger partial charge is 0.433 e. The average Bonchev–Trinajstić information content (AvgIpc) is 2.81. The van der Waals surface area contributed by atoms with Gasteiger partial charge in [0, 0.05) is 5.56 Å². The van der Waals surface area contributed by atoms with E-state index in [-0.39, 0.29) is 11.5 Å². The summed E-state index contributed by atoms with van der Waals surface area (Å²) in [6, 6.07) is 11.4. The minimum Gasteiger partial charge on any atom is -0.410 e. The van der Waals surface area contributed by atoms with Crippen molar-refractivity contribution < 1.29 is 14.5 Å². The molecule has 2 rings (SSSR count). The molecule has 0 amide bonds. The molecule has 0 fully saturated rings. The zero-order valence-electron chi connectivity index (χ0n) is 8.61. The molecule has 1 aromatic carbocycles. The van der Waals surface area contributed by atoms with Gasteiger partial charge in [0.15, 0.2) is 11.5 Å². The van der Waals surface area contributed by atoms with Gasteiger partial charge in [-0.05, 0) is 6.07 Å². The third kappa shape index (κ3) is 2.15. The van der Waals surface area contributed by atoms with E-state index in [2.05, 4.69) is 5.16 Å². The van der Waals surface area contributed by atoms with Gasteiger partial charge in [0.25, 0.3) is 0 Å². The molecule has 6 heteroatoms. The molecule has 0 aliphatic rings. The first-order chi connectivity index (χ1) is 8.22. The molecule has 1 heterocycles. The highest BCUT2D eigenvalue weighted by molar-refractivity contribution is 6.10. The zero-order chi connectivity index (χ0) is 12.3. The van der Waals surface area contributed by atoms with E-state index in [0.29, 0.717) is 5.56 Å². The van der Waals surface area contributed by atoms with E-state index in [1.807, 2.05) is 6.07 Å². The van der Waals surface area contributed by atoms with Crippen LogP contribution in [-0.2, 0) is 0 Å². The Morgan fingerprint density at radius 3 is 2.47 bits per heavy atom. The molecule has 1 N–H and O–H groups in total. The molecule has 0 radical (unpaired) electrons. The maximum Gasteiger partial charge on any atom is 0.433 e. The second kappa shape index (κ2) is 4.48. The molecule has 0 saturated carbocycles. The molecule has 1 aromatic heterocycles. The summed E-state index contributed by atoms with van der Waals surface area (Å²) in [7, 11) is 0. The molecule has 0 aliphatic heterocycles. The van der Waals surface area contributed by atoms with Gasteiger partial charge in [0.1, 0.15) is 4.92 Å². The van der Waals surface area contributed by atoms with Crippen molar-refractivity contribution in [3.05, 3.63) is 63.9 Å². The van der Waals surface area contributed by atoms with Crippen molar-refractivity contribution in [3.63, 3.8) is 0 Å². The van der Waals surface area contributed by atoms with Gasteiger partial charge in [-0.15, -0.1) is 0 Å². The zero-order valence-corrected chi connectivity index (χ0v) is 8.61. The summed E-state index contributed by atoms with van der Waals surface area (Å²) < 4.78 is 4.96. The Balaban J connectivity index is 2.40. The van der Waals surface area contributed by atoms with E-state index in [9.17, 15) is 10.1 Å². The number of furan rings is 1. The van der Waals surface area contributed by atoms with Crippen LogP contribution in [0.25, 0.3) is 0 Å².